The summed E-state index contributed by atoms with van der Waals surface area (Å²) in [4.78, 5) is 5.27. The lowest BCUT2D eigenvalue weighted by molar-refractivity contribution is 0.107. The molecule has 5 heteroatoms. The molecule has 3 rings (SSSR count). The maximum atomic E-state index is 3.46. The standard InChI is InChI=1S/C17H27N3.2ClH/c1-2-4-16(5-3-1)14-19-10-12-20(13-11-19)15-17-6-8-18-9-7-17;;/h1-5,17-18H,6-15H2;2*1H. The molecule has 1 N–H and O–H groups in total. The van der Waals surface area contributed by atoms with Gasteiger partial charge in [-0.3, -0.25) is 4.90 Å². The van der Waals surface area contributed by atoms with Gasteiger partial charge in [-0.15, -0.1) is 24.8 Å². The first kappa shape index (κ1) is 19.7. The summed E-state index contributed by atoms with van der Waals surface area (Å²) in [5.41, 5.74) is 1.44. The maximum absolute atomic E-state index is 3.46. The van der Waals surface area contributed by atoms with E-state index in [0.717, 1.165) is 12.5 Å². The molecule has 0 aliphatic carbocycles. The fraction of sp³-hybridized carbons (Fsp3) is 0.647. The summed E-state index contributed by atoms with van der Waals surface area (Å²) in [5, 5.41) is 3.46. The van der Waals surface area contributed by atoms with Crippen molar-refractivity contribution < 1.29 is 0 Å². The van der Waals surface area contributed by atoms with Gasteiger partial charge in [0.15, 0.2) is 0 Å². The Bertz CT molecular complexity index is 388. The van der Waals surface area contributed by atoms with Gasteiger partial charge >= 0.3 is 0 Å². The Balaban J connectivity index is 0.00000121. The average Bonchev–Trinajstić information content (AvgIpc) is 2.51. The van der Waals surface area contributed by atoms with E-state index in [1.807, 2.05) is 0 Å². The summed E-state index contributed by atoms with van der Waals surface area (Å²) >= 11 is 0. The number of piperidine rings is 1. The largest absolute Gasteiger partial charge is 0.317 e. The minimum Gasteiger partial charge on any atom is -0.317 e. The summed E-state index contributed by atoms with van der Waals surface area (Å²) in [7, 11) is 0. The third-order valence-corrected chi connectivity index (χ3v) is 4.69. The monoisotopic (exact) mass is 345 g/mol. The number of hydrogen-bond donors (Lipinski definition) is 1. The normalized spacial score (nSPS) is 20.9. The van der Waals surface area contributed by atoms with Gasteiger partial charge < -0.3 is 10.2 Å². The fourth-order valence-electron chi connectivity index (χ4n) is 3.40. The zero-order chi connectivity index (χ0) is 13.6. The van der Waals surface area contributed by atoms with Crippen LogP contribution in [0.1, 0.15) is 18.4 Å². The van der Waals surface area contributed by atoms with E-state index in [9.17, 15) is 0 Å². The summed E-state index contributed by atoms with van der Waals surface area (Å²) in [6.07, 6.45) is 2.73. The Morgan fingerprint density at radius 3 is 2.09 bits per heavy atom. The number of nitrogens with one attached hydrogen (secondary N) is 1. The van der Waals surface area contributed by atoms with Gasteiger partial charge in [0.05, 0.1) is 0 Å². The molecule has 2 aliphatic heterocycles. The number of piperazine rings is 1. The van der Waals surface area contributed by atoms with Crippen molar-refractivity contribution in [3.63, 3.8) is 0 Å². The maximum Gasteiger partial charge on any atom is 0.0234 e. The highest BCUT2D eigenvalue weighted by Gasteiger charge is 2.21. The molecule has 0 spiro atoms. The van der Waals surface area contributed by atoms with Crippen LogP contribution < -0.4 is 5.32 Å². The molecule has 0 unspecified atom stereocenters. The number of nitrogens with zero attached hydrogens (tertiary/aromatic N) is 2. The number of halogens is 2. The Hall–Kier alpha value is -0.320. The molecule has 0 aromatic heterocycles. The Morgan fingerprint density at radius 1 is 0.864 bits per heavy atom. The van der Waals surface area contributed by atoms with E-state index < -0.39 is 0 Å². The molecule has 126 valence electrons. The topological polar surface area (TPSA) is 18.5 Å². The molecule has 0 radical (unpaired) electrons. The van der Waals surface area contributed by atoms with E-state index in [1.165, 1.54) is 64.2 Å². The SMILES string of the molecule is Cl.Cl.c1ccc(CN2CCN(CC3CCNCC3)CC2)cc1. The zero-order valence-electron chi connectivity index (χ0n) is 13.2. The molecular formula is C17H29Cl2N3. The molecule has 0 amide bonds. The summed E-state index contributed by atoms with van der Waals surface area (Å²) in [6.45, 7) is 9.81. The van der Waals surface area contributed by atoms with E-state index in [2.05, 4.69) is 45.4 Å². The molecule has 0 bridgehead atoms. The van der Waals surface area contributed by atoms with Crippen LogP contribution in [0.15, 0.2) is 30.3 Å². The van der Waals surface area contributed by atoms with Crippen molar-refractivity contribution >= 4 is 24.8 Å². The molecular weight excluding hydrogens is 317 g/mol. The second kappa shape index (κ2) is 10.5. The van der Waals surface area contributed by atoms with E-state index >= 15 is 0 Å². The van der Waals surface area contributed by atoms with E-state index in [4.69, 9.17) is 0 Å². The van der Waals surface area contributed by atoms with Crippen molar-refractivity contribution in [2.24, 2.45) is 5.92 Å². The van der Waals surface area contributed by atoms with Crippen LogP contribution in [0.2, 0.25) is 0 Å². The van der Waals surface area contributed by atoms with Crippen molar-refractivity contribution in [2.75, 3.05) is 45.8 Å². The highest BCUT2D eigenvalue weighted by molar-refractivity contribution is 5.85. The molecule has 2 heterocycles. The van der Waals surface area contributed by atoms with Gasteiger partial charge in [-0.2, -0.15) is 0 Å². The minimum absolute atomic E-state index is 0. The van der Waals surface area contributed by atoms with Gasteiger partial charge in [0.25, 0.3) is 0 Å². The number of rotatable bonds is 4. The third-order valence-electron chi connectivity index (χ3n) is 4.69. The van der Waals surface area contributed by atoms with Gasteiger partial charge in [0.1, 0.15) is 0 Å². The molecule has 1 aromatic carbocycles. The second-order valence-corrected chi connectivity index (χ2v) is 6.26. The van der Waals surface area contributed by atoms with Gasteiger partial charge in [-0.1, -0.05) is 30.3 Å². The van der Waals surface area contributed by atoms with Crippen molar-refractivity contribution in [1.29, 1.82) is 0 Å². The first-order chi connectivity index (χ1) is 9.90. The fourth-order valence-corrected chi connectivity index (χ4v) is 3.40. The van der Waals surface area contributed by atoms with E-state index in [1.54, 1.807) is 0 Å². The van der Waals surface area contributed by atoms with Gasteiger partial charge in [-0.25, -0.2) is 0 Å². The summed E-state index contributed by atoms with van der Waals surface area (Å²) in [6, 6.07) is 10.9. The van der Waals surface area contributed by atoms with E-state index in [0.29, 0.717) is 0 Å². The molecule has 0 atom stereocenters. The Morgan fingerprint density at radius 2 is 1.45 bits per heavy atom. The minimum atomic E-state index is 0. The van der Waals surface area contributed by atoms with Crippen LogP contribution in [0.3, 0.4) is 0 Å². The van der Waals surface area contributed by atoms with Crippen LogP contribution in [0.5, 0.6) is 0 Å². The van der Waals surface area contributed by atoms with Crippen molar-refractivity contribution in [1.82, 2.24) is 15.1 Å². The molecule has 1 aromatic rings. The highest BCUT2D eigenvalue weighted by Crippen LogP contribution is 2.15. The lowest BCUT2D eigenvalue weighted by Gasteiger charge is -2.37. The Kier molecular flexibility index (Phi) is 9.37. The lowest BCUT2D eigenvalue weighted by atomic mass is 9.97. The predicted molar refractivity (Wildman–Crippen MR) is 98.2 cm³/mol. The summed E-state index contributed by atoms with van der Waals surface area (Å²) < 4.78 is 0. The zero-order valence-corrected chi connectivity index (χ0v) is 14.9. The molecule has 2 fully saturated rings. The van der Waals surface area contributed by atoms with Crippen molar-refractivity contribution in [3.05, 3.63) is 35.9 Å². The Labute approximate surface area is 147 Å². The van der Waals surface area contributed by atoms with Crippen LogP contribution in [-0.2, 0) is 6.54 Å². The first-order valence-electron chi connectivity index (χ1n) is 8.09. The second-order valence-electron chi connectivity index (χ2n) is 6.26. The molecule has 3 nitrogen and oxygen atoms in total. The average molecular weight is 346 g/mol. The third kappa shape index (κ3) is 6.05. The van der Waals surface area contributed by atoms with Gasteiger partial charge in [-0.05, 0) is 37.4 Å². The number of benzene rings is 1. The molecule has 2 saturated heterocycles. The van der Waals surface area contributed by atoms with Crippen molar-refractivity contribution in [3.8, 4) is 0 Å². The van der Waals surface area contributed by atoms with Gasteiger partial charge in [0, 0.05) is 39.3 Å². The highest BCUT2D eigenvalue weighted by atomic mass is 35.5. The molecule has 22 heavy (non-hydrogen) atoms. The molecule has 2 aliphatic rings. The lowest BCUT2D eigenvalue weighted by Crippen LogP contribution is -2.48. The number of hydrogen-bond acceptors (Lipinski definition) is 3. The smallest absolute Gasteiger partial charge is 0.0234 e. The van der Waals surface area contributed by atoms with Crippen LogP contribution in [0.4, 0.5) is 0 Å². The van der Waals surface area contributed by atoms with Crippen LogP contribution >= 0.6 is 24.8 Å². The first-order valence-corrected chi connectivity index (χ1v) is 8.09. The quantitative estimate of drug-likeness (QED) is 0.904. The van der Waals surface area contributed by atoms with Gasteiger partial charge in [0.2, 0.25) is 0 Å². The van der Waals surface area contributed by atoms with Crippen LogP contribution in [0.25, 0.3) is 0 Å². The van der Waals surface area contributed by atoms with Crippen LogP contribution in [-0.4, -0.2) is 55.6 Å². The van der Waals surface area contributed by atoms with E-state index in [-0.39, 0.29) is 24.8 Å². The van der Waals surface area contributed by atoms with Crippen molar-refractivity contribution in [2.45, 2.75) is 19.4 Å². The predicted octanol–water partition coefficient (Wildman–Crippen LogP) is 2.65. The van der Waals surface area contributed by atoms with Crippen LogP contribution in [0, 0.1) is 5.92 Å². The molecule has 0 saturated carbocycles. The summed E-state index contributed by atoms with van der Waals surface area (Å²) in [5.74, 6) is 0.928.